The van der Waals surface area contributed by atoms with Crippen LogP contribution in [-0.2, 0) is 13.2 Å². The van der Waals surface area contributed by atoms with Gasteiger partial charge in [-0.05, 0) is 30.7 Å². The average Bonchev–Trinajstić information content (AvgIpc) is 2.54. The molecule has 24 heavy (non-hydrogen) atoms. The number of hydrogen-bond donors (Lipinski definition) is 2. The highest BCUT2D eigenvalue weighted by molar-refractivity contribution is 6.32. The molecule has 0 aliphatic carbocycles. The number of benzene rings is 2. The highest BCUT2D eigenvalue weighted by Gasteiger charge is 2.13. The van der Waals surface area contributed by atoms with Gasteiger partial charge >= 0.3 is 0 Å². The number of hydrogen-bond acceptors (Lipinski definition) is 4. The second-order valence-electron chi connectivity index (χ2n) is 5.47. The van der Waals surface area contributed by atoms with E-state index in [-0.39, 0.29) is 12.4 Å². The standard InChI is InChI=1S/C18H21ClFNO3/c1-12(22)9-21-10-13-7-15(19)18(17(8-13)23-2)24-11-14-5-3-4-6-16(14)20/h3-8,12,21-22H,9-11H2,1-2H3. The van der Waals surface area contributed by atoms with E-state index in [2.05, 4.69) is 5.32 Å². The fourth-order valence-corrected chi connectivity index (χ4v) is 2.49. The monoisotopic (exact) mass is 353 g/mol. The van der Waals surface area contributed by atoms with Crippen molar-refractivity contribution in [3.63, 3.8) is 0 Å². The molecule has 0 heterocycles. The molecule has 0 aliphatic rings. The summed E-state index contributed by atoms with van der Waals surface area (Å²) in [5.74, 6) is 0.529. The quantitative estimate of drug-likeness (QED) is 0.762. The zero-order valence-corrected chi connectivity index (χ0v) is 14.4. The van der Waals surface area contributed by atoms with Crippen LogP contribution >= 0.6 is 11.6 Å². The van der Waals surface area contributed by atoms with Crippen molar-refractivity contribution in [3.8, 4) is 11.5 Å². The van der Waals surface area contributed by atoms with Crippen LogP contribution in [0.15, 0.2) is 36.4 Å². The van der Waals surface area contributed by atoms with E-state index in [1.54, 1.807) is 37.3 Å². The van der Waals surface area contributed by atoms with Crippen LogP contribution in [0.4, 0.5) is 4.39 Å². The number of aliphatic hydroxyl groups excluding tert-OH is 1. The van der Waals surface area contributed by atoms with Crippen molar-refractivity contribution < 1.29 is 19.0 Å². The summed E-state index contributed by atoms with van der Waals surface area (Å²) in [6, 6.07) is 9.98. The second kappa shape index (κ2) is 8.87. The Hall–Kier alpha value is -1.82. The molecule has 1 atom stereocenters. The first kappa shape index (κ1) is 18.5. The Morgan fingerprint density at radius 3 is 2.71 bits per heavy atom. The first-order chi connectivity index (χ1) is 11.5. The van der Waals surface area contributed by atoms with Crippen molar-refractivity contribution in [3.05, 3.63) is 58.4 Å². The van der Waals surface area contributed by atoms with Gasteiger partial charge < -0.3 is 19.9 Å². The molecule has 1 unspecified atom stereocenters. The van der Waals surface area contributed by atoms with Crippen LogP contribution < -0.4 is 14.8 Å². The molecule has 0 saturated heterocycles. The van der Waals surface area contributed by atoms with E-state index in [1.807, 2.05) is 0 Å². The predicted octanol–water partition coefficient (Wildman–Crippen LogP) is 3.54. The molecule has 4 nitrogen and oxygen atoms in total. The van der Waals surface area contributed by atoms with Gasteiger partial charge in [0.25, 0.3) is 0 Å². The molecule has 0 bridgehead atoms. The van der Waals surface area contributed by atoms with Crippen molar-refractivity contribution >= 4 is 11.6 Å². The van der Waals surface area contributed by atoms with E-state index in [1.165, 1.54) is 13.2 Å². The van der Waals surface area contributed by atoms with Gasteiger partial charge in [-0.15, -0.1) is 0 Å². The Morgan fingerprint density at radius 1 is 1.29 bits per heavy atom. The van der Waals surface area contributed by atoms with Crippen LogP contribution in [0, 0.1) is 5.82 Å². The lowest BCUT2D eigenvalue weighted by atomic mass is 10.2. The zero-order chi connectivity index (χ0) is 17.5. The molecular weight excluding hydrogens is 333 g/mol. The van der Waals surface area contributed by atoms with E-state index >= 15 is 0 Å². The Bertz CT molecular complexity index is 679. The van der Waals surface area contributed by atoms with Crippen molar-refractivity contribution in [1.82, 2.24) is 5.32 Å². The molecule has 0 radical (unpaired) electrons. The SMILES string of the molecule is COc1cc(CNCC(C)O)cc(Cl)c1OCc1ccccc1F. The number of aliphatic hydroxyl groups is 1. The summed E-state index contributed by atoms with van der Waals surface area (Å²) in [6.45, 7) is 2.78. The zero-order valence-electron chi connectivity index (χ0n) is 13.7. The molecule has 2 aromatic rings. The van der Waals surface area contributed by atoms with E-state index in [4.69, 9.17) is 21.1 Å². The summed E-state index contributed by atoms with van der Waals surface area (Å²) in [4.78, 5) is 0. The van der Waals surface area contributed by atoms with Gasteiger partial charge in [-0.3, -0.25) is 0 Å². The minimum Gasteiger partial charge on any atom is -0.493 e. The molecule has 0 fully saturated rings. The molecule has 2 rings (SSSR count). The van der Waals surface area contributed by atoms with Gasteiger partial charge in [0.05, 0.1) is 18.2 Å². The largest absolute Gasteiger partial charge is 0.493 e. The molecule has 0 spiro atoms. The third kappa shape index (κ3) is 5.09. The molecule has 0 aromatic heterocycles. The van der Waals surface area contributed by atoms with Crippen molar-refractivity contribution in [2.75, 3.05) is 13.7 Å². The van der Waals surface area contributed by atoms with E-state index in [0.29, 0.717) is 35.2 Å². The number of nitrogens with one attached hydrogen (secondary N) is 1. The molecule has 6 heteroatoms. The Morgan fingerprint density at radius 2 is 2.04 bits per heavy atom. The van der Waals surface area contributed by atoms with E-state index in [9.17, 15) is 9.50 Å². The van der Waals surface area contributed by atoms with Gasteiger partial charge in [0.2, 0.25) is 0 Å². The Kier molecular flexibility index (Phi) is 6.85. The normalized spacial score (nSPS) is 12.0. The van der Waals surface area contributed by atoms with Crippen molar-refractivity contribution in [1.29, 1.82) is 0 Å². The fraction of sp³-hybridized carbons (Fsp3) is 0.333. The maximum atomic E-state index is 13.7. The molecule has 0 amide bonds. The molecule has 130 valence electrons. The molecule has 0 saturated carbocycles. The van der Waals surface area contributed by atoms with Gasteiger partial charge in [-0.25, -0.2) is 4.39 Å². The number of rotatable bonds is 8. The minimum atomic E-state index is -0.425. The molecular formula is C18H21ClFNO3. The maximum absolute atomic E-state index is 13.7. The topological polar surface area (TPSA) is 50.7 Å². The lowest BCUT2D eigenvalue weighted by Gasteiger charge is -2.15. The van der Waals surface area contributed by atoms with Gasteiger partial charge in [-0.1, -0.05) is 29.8 Å². The van der Waals surface area contributed by atoms with Crippen molar-refractivity contribution in [2.45, 2.75) is 26.2 Å². The van der Waals surface area contributed by atoms with Gasteiger partial charge in [-0.2, -0.15) is 0 Å². The van der Waals surface area contributed by atoms with E-state index < -0.39 is 6.10 Å². The lowest BCUT2D eigenvalue weighted by molar-refractivity contribution is 0.191. The summed E-state index contributed by atoms with van der Waals surface area (Å²) in [5, 5.41) is 12.8. The summed E-state index contributed by atoms with van der Waals surface area (Å²) in [5.41, 5.74) is 1.34. The fourth-order valence-electron chi connectivity index (χ4n) is 2.21. The highest BCUT2D eigenvalue weighted by Crippen LogP contribution is 2.37. The minimum absolute atomic E-state index is 0.0579. The van der Waals surface area contributed by atoms with E-state index in [0.717, 1.165) is 5.56 Å². The van der Waals surface area contributed by atoms with Crippen molar-refractivity contribution in [2.24, 2.45) is 0 Å². The third-order valence-electron chi connectivity index (χ3n) is 3.39. The second-order valence-corrected chi connectivity index (χ2v) is 5.88. The van der Waals surface area contributed by atoms with Gasteiger partial charge in [0, 0.05) is 18.7 Å². The number of halogens is 2. The van der Waals surface area contributed by atoms with Crippen LogP contribution in [0.25, 0.3) is 0 Å². The third-order valence-corrected chi connectivity index (χ3v) is 3.67. The lowest BCUT2D eigenvalue weighted by Crippen LogP contribution is -2.23. The predicted molar refractivity (Wildman–Crippen MR) is 92.1 cm³/mol. The highest BCUT2D eigenvalue weighted by atomic mass is 35.5. The summed E-state index contributed by atoms with van der Waals surface area (Å²) < 4.78 is 24.7. The first-order valence-corrected chi connectivity index (χ1v) is 8.00. The summed E-state index contributed by atoms with van der Waals surface area (Å²) in [6.07, 6.45) is -0.425. The number of methoxy groups -OCH3 is 1. The average molecular weight is 354 g/mol. The summed E-state index contributed by atoms with van der Waals surface area (Å²) in [7, 11) is 1.52. The summed E-state index contributed by atoms with van der Waals surface area (Å²) >= 11 is 6.28. The van der Waals surface area contributed by atoms with Crippen LogP contribution in [0.5, 0.6) is 11.5 Å². The van der Waals surface area contributed by atoms with Gasteiger partial charge in [0.1, 0.15) is 12.4 Å². The Labute approximate surface area is 146 Å². The van der Waals surface area contributed by atoms with Crippen LogP contribution in [0.2, 0.25) is 5.02 Å². The molecule has 2 aromatic carbocycles. The van der Waals surface area contributed by atoms with Crippen LogP contribution in [-0.4, -0.2) is 24.9 Å². The maximum Gasteiger partial charge on any atom is 0.180 e. The number of ether oxygens (including phenoxy) is 2. The van der Waals surface area contributed by atoms with Gasteiger partial charge in [0.15, 0.2) is 11.5 Å². The first-order valence-electron chi connectivity index (χ1n) is 7.62. The smallest absolute Gasteiger partial charge is 0.180 e. The molecule has 0 aliphatic heterocycles. The van der Waals surface area contributed by atoms with Crippen LogP contribution in [0.1, 0.15) is 18.1 Å². The van der Waals surface area contributed by atoms with Crippen LogP contribution in [0.3, 0.4) is 0 Å². The molecule has 2 N–H and O–H groups in total. The Balaban J connectivity index is 2.10.